The largest absolute Gasteiger partial charge is 0.369 e. The van der Waals surface area contributed by atoms with E-state index in [2.05, 4.69) is 46.3 Å². The molecule has 3 aromatic heterocycles. The molecular formula is C43H52Cl3N11O5. The highest BCUT2D eigenvalue weighted by Gasteiger charge is 2.40. The molecule has 0 spiro atoms. The van der Waals surface area contributed by atoms with Gasteiger partial charge in [-0.1, -0.05) is 24.4 Å². The minimum Gasteiger partial charge on any atom is -0.369 e. The molecule has 1 saturated carbocycles. The van der Waals surface area contributed by atoms with E-state index in [1.54, 1.807) is 22.6 Å². The van der Waals surface area contributed by atoms with Crippen molar-refractivity contribution in [1.29, 1.82) is 0 Å². The maximum absolute atomic E-state index is 13.6. The third-order valence-electron chi connectivity index (χ3n) is 13.0. The molecule has 2 N–H and O–H groups in total. The normalized spacial score (nSPS) is 20.0. The molecule has 1 aromatic carbocycles. The number of hydrogen-bond donors (Lipinski definition) is 2. The molecule has 0 bridgehead atoms. The van der Waals surface area contributed by atoms with E-state index >= 15 is 0 Å². The van der Waals surface area contributed by atoms with Crippen LogP contribution in [-0.4, -0.2) is 129 Å². The fourth-order valence-corrected chi connectivity index (χ4v) is 9.95. The summed E-state index contributed by atoms with van der Waals surface area (Å²) >= 11 is 6.68. The second-order valence-corrected chi connectivity index (χ2v) is 17.1. The Kier molecular flexibility index (Phi) is 13.7. The summed E-state index contributed by atoms with van der Waals surface area (Å²) < 4.78 is 1.72. The van der Waals surface area contributed by atoms with E-state index in [0.717, 1.165) is 108 Å². The zero-order valence-corrected chi connectivity index (χ0v) is 37.3. The van der Waals surface area contributed by atoms with Gasteiger partial charge in [-0.2, -0.15) is 4.98 Å². The van der Waals surface area contributed by atoms with Crippen molar-refractivity contribution in [2.75, 3.05) is 80.6 Å². The van der Waals surface area contributed by atoms with Gasteiger partial charge in [0.1, 0.15) is 17.5 Å². The number of fused-ring (bicyclic) bond motifs is 2. The molecule has 9 rings (SSSR count). The molecule has 1 atom stereocenters. The summed E-state index contributed by atoms with van der Waals surface area (Å²) in [5, 5.41) is 6.69. The van der Waals surface area contributed by atoms with E-state index in [9.17, 15) is 24.0 Å². The molecule has 16 nitrogen and oxygen atoms in total. The molecule has 19 heteroatoms. The van der Waals surface area contributed by atoms with Gasteiger partial charge in [0, 0.05) is 102 Å². The highest BCUT2D eigenvalue weighted by atomic mass is 35.5. The van der Waals surface area contributed by atoms with E-state index in [1.165, 1.54) is 6.92 Å². The SMILES string of the molecule is CC(=O)c1c(C)c2cnc(Nc3ccc(N4CCN(CCN5CCN(c6cc(Cl)c7c(c6)CN(C6CCC(=O)NC6=O)C7=O)CC5)CC4)cn3)nc2n(C2CCCC2)c1=O.Cl.Cl. The van der Waals surface area contributed by atoms with Crippen LogP contribution >= 0.6 is 36.4 Å². The van der Waals surface area contributed by atoms with Crippen LogP contribution in [0.15, 0.2) is 41.5 Å². The van der Waals surface area contributed by atoms with Crippen LogP contribution in [0.3, 0.4) is 0 Å². The second kappa shape index (κ2) is 18.9. The van der Waals surface area contributed by atoms with E-state index in [0.29, 0.717) is 51.9 Å². The number of rotatable bonds is 10. The van der Waals surface area contributed by atoms with Gasteiger partial charge in [0.25, 0.3) is 11.5 Å². The lowest BCUT2D eigenvalue weighted by Crippen LogP contribution is -2.52. The Morgan fingerprint density at radius 1 is 0.855 bits per heavy atom. The van der Waals surface area contributed by atoms with Gasteiger partial charge in [-0.05, 0) is 68.5 Å². The van der Waals surface area contributed by atoms with Gasteiger partial charge < -0.3 is 20.0 Å². The number of imide groups is 1. The summed E-state index contributed by atoms with van der Waals surface area (Å²) in [6.45, 7) is 12.8. The van der Waals surface area contributed by atoms with E-state index in [1.807, 2.05) is 24.4 Å². The predicted octanol–water partition coefficient (Wildman–Crippen LogP) is 4.76. The highest BCUT2D eigenvalue weighted by Crippen LogP contribution is 2.36. The van der Waals surface area contributed by atoms with Gasteiger partial charge in [-0.15, -0.1) is 24.8 Å². The maximum atomic E-state index is 13.6. The van der Waals surface area contributed by atoms with Crippen LogP contribution in [0.25, 0.3) is 11.0 Å². The first kappa shape index (κ1) is 45.2. The molecule has 4 aromatic rings. The summed E-state index contributed by atoms with van der Waals surface area (Å²) in [6, 6.07) is 7.23. The van der Waals surface area contributed by atoms with Gasteiger partial charge in [-0.3, -0.25) is 43.7 Å². The Morgan fingerprint density at radius 2 is 1.52 bits per heavy atom. The van der Waals surface area contributed by atoms with Crippen LogP contribution in [0.4, 0.5) is 23.1 Å². The average molecular weight is 909 g/mol. The number of aromatic nitrogens is 4. The van der Waals surface area contributed by atoms with Crippen LogP contribution in [0.2, 0.25) is 5.02 Å². The van der Waals surface area contributed by atoms with Crippen molar-refractivity contribution >= 4 is 94.1 Å². The van der Waals surface area contributed by atoms with E-state index in [4.69, 9.17) is 16.6 Å². The fraction of sp³-hybridized carbons (Fsp3) is 0.488. The Hall–Kier alpha value is -4.87. The summed E-state index contributed by atoms with van der Waals surface area (Å²) in [6.07, 6.45) is 7.96. The van der Waals surface area contributed by atoms with Crippen molar-refractivity contribution in [2.45, 2.75) is 71.0 Å². The number of ketones is 1. The molecule has 7 heterocycles. The quantitative estimate of drug-likeness (QED) is 0.165. The highest BCUT2D eigenvalue weighted by molar-refractivity contribution is 6.34. The number of anilines is 4. The number of nitrogens with zero attached hydrogens (tertiary/aromatic N) is 9. The summed E-state index contributed by atoms with van der Waals surface area (Å²) in [5.74, 6) is -0.270. The van der Waals surface area contributed by atoms with Gasteiger partial charge in [0.05, 0.1) is 28.0 Å². The molecule has 3 amide bonds. The van der Waals surface area contributed by atoms with Gasteiger partial charge in [0.2, 0.25) is 17.8 Å². The fourth-order valence-electron chi connectivity index (χ4n) is 9.64. The predicted molar refractivity (Wildman–Crippen MR) is 243 cm³/mol. The van der Waals surface area contributed by atoms with Crippen molar-refractivity contribution in [3.63, 3.8) is 0 Å². The summed E-state index contributed by atoms with van der Waals surface area (Å²) in [4.78, 5) is 88.7. The first-order valence-electron chi connectivity index (χ1n) is 21.1. The number of nitrogens with one attached hydrogen (secondary N) is 2. The first-order chi connectivity index (χ1) is 29.0. The topological polar surface area (TPSA) is 169 Å². The smallest absolute Gasteiger partial charge is 0.263 e. The van der Waals surface area contributed by atoms with Crippen molar-refractivity contribution in [1.82, 2.24) is 39.5 Å². The minimum absolute atomic E-state index is 0. The number of carbonyl (C=O) groups excluding carboxylic acids is 4. The number of pyridine rings is 2. The Balaban J connectivity index is 0.00000289. The number of piperazine rings is 2. The van der Waals surface area contributed by atoms with Crippen LogP contribution in [0.5, 0.6) is 0 Å². The number of piperidine rings is 1. The Labute approximate surface area is 377 Å². The number of carbonyl (C=O) groups is 4. The lowest BCUT2D eigenvalue weighted by atomic mass is 10.0. The molecule has 5 aliphatic rings. The second-order valence-electron chi connectivity index (χ2n) is 16.6. The summed E-state index contributed by atoms with van der Waals surface area (Å²) in [7, 11) is 0. The minimum atomic E-state index is -0.666. The molecule has 4 aliphatic heterocycles. The molecule has 0 radical (unpaired) electrons. The molecular weight excluding hydrogens is 857 g/mol. The summed E-state index contributed by atoms with van der Waals surface area (Å²) in [5.41, 5.74) is 4.43. The lowest BCUT2D eigenvalue weighted by molar-refractivity contribution is -0.136. The van der Waals surface area contributed by atoms with Gasteiger partial charge >= 0.3 is 0 Å². The number of benzene rings is 1. The van der Waals surface area contributed by atoms with Crippen LogP contribution < -0.4 is 26.0 Å². The van der Waals surface area contributed by atoms with Crippen LogP contribution in [-0.2, 0) is 16.1 Å². The Morgan fingerprint density at radius 3 is 2.13 bits per heavy atom. The number of amides is 3. The molecule has 4 fully saturated rings. The third kappa shape index (κ3) is 8.85. The van der Waals surface area contributed by atoms with Crippen molar-refractivity contribution in [3.8, 4) is 0 Å². The van der Waals surface area contributed by atoms with E-state index in [-0.39, 0.29) is 66.0 Å². The maximum Gasteiger partial charge on any atom is 0.263 e. The molecule has 1 unspecified atom stereocenters. The zero-order chi connectivity index (χ0) is 41.7. The molecule has 3 saturated heterocycles. The van der Waals surface area contributed by atoms with Crippen molar-refractivity contribution in [2.24, 2.45) is 0 Å². The first-order valence-corrected chi connectivity index (χ1v) is 21.5. The number of Topliss-reactive ketones (excluding diaryl/α,β-unsaturated/α-hetero) is 1. The van der Waals surface area contributed by atoms with E-state index < -0.39 is 11.9 Å². The average Bonchev–Trinajstić information content (AvgIpc) is 3.89. The lowest BCUT2D eigenvalue weighted by Gasteiger charge is -2.39. The van der Waals surface area contributed by atoms with Crippen LogP contribution in [0, 0.1) is 6.92 Å². The van der Waals surface area contributed by atoms with Crippen molar-refractivity contribution in [3.05, 3.63) is 74.3 Å². The van der Waals surface area contributed by atoms with Gasteiger partial charge in [-0.25, -0.2) is 9.97 Å². The molecule has 1 aliphatic carbocycles. The molecule has 330 valence electrons. The number of hydrogen-bond acceptors (Lipinski definition) is 13. The number of halogens is 3. The third-order valence-corrected chi connectivity index (χ3v) is 13.3. The standard InChI is InChI=1S/C43H50ClN11O5.2ClH/c1-26-32-24-46-43(49-39(32)55(29-5-3-4-6-29)42(60)37(26)27(2)56)47-35-9-7-30(23-45-35)52-17-13-50(14-18-52)11-12-51-15-19-53(20-16-51)31-21-28-25-54(41(59)38(28)33(44)22-31)34-8-10-36(57)48-40(34)58;;/h7,9,21-24,29,34H,3-6,8,10-20,25H2,1-2H3,(H,48,57,58)(H,45,46,47,49);2*1H. The van der Waals surface area contributed by atoms with Crippen LogP contribution in [0.1, 0.15) is 83.3 Å². The van der Waals surface area contributed by atoms with Crippen molar-refractivity contribution < 1.29 is 19.2 Å². The zero-order valence-electron chi connectivity index (χ0n) is 34.9. The monoisotopic (exact) mass is 907 g/mol. The Bertz CT molecular complexity index is 2430. The van der Waals surface area contributed by atoms with Gasteiger partial charge in [0.15, 0.2) is 5.78 Å². The molecule has 62 heavy (non-hydrogen) atoms. The number of aryl methyl sites for hydroxylation is 1.